The topological polar surface area (TPSA) is 38.3 Å². The van der Waals surface area contributed by atoms with E-state index in [1.807, 2.05) is 51.1 Å². The van der Waals surface area contributed by atoms with E-state index >= 15 is 0 Å². The van der Waals surface area contributed by atoms with Crippen LogP contribution in [0, 0.1) is 13.8 Å². The van der Waals surface area contributed by atoms with E-state index in [2.05, 4.69) is 35.6 Å². The van der Waals surface area contributed by atoms with E-state index < -0.39 is 0 Å². The predicted octanol–water partition coefficient (Wildman–Crippen LogP) is 4.71. The number of rotatable bonds is 5. The van der Waals surface area contributed by atoms with Crippen molar-refractivity contribution >= 4 is 16.7 Å². The van der Waals surface area contributed by atoms with Gasteiger partial charge in [-0.2, -0.15) is 0 Å². The van der Waals surface area contributed by atoms with Crippen molar-refractivity contribution in [2.45, 2.75) is 26.8 Å². The van der Waals surface area contributed by atoms with E-state index in [0.29, 0.717) is 0 Å². The minimum atomic E-state index is -0.124. The van der Waals surface area contributed by atoms with E-state index in [0.717, 1.165) is 22.4 Å². The molecule has 0 fully saturated rings. The van der Waals surface area contributed by atoms with E-state index in [1.165, 1.54) is 10.8 Å². The molecule has 3 nitrogen and oxygen atoms in total. The number of carbonyl (C=O) groups excluding carboxylic acids is 1. The summed E-state index contributed by atoms with van der Waals surface area (Å²) in [6, 6.07) is 20.4. The third-order valence-electron chi connectivity index (χ3n) is 4.35. The molecule has 0 heterocycles. The lowest BCUT2D eigenvalue weighted by Crippen LogP contribution is -2.31. The number of amides is 1. The molecule has 1 N–H and O–H groups in total. The van der Waals surface area contributed by atoms with Crippen LogP contribution in [0.4, 0.5) is 0 Å². The van der Waals surface area contributed by atoms with Crippen LogP contribution in [0.1, 0.15) is 29.7 Å². The number of hydrogen-bond acceptors (Lipinski definition) is 2. The molecular weight excluding hydrogens is 310 g/mol. The van der Waals surface area contributed by atoms with Crippen molar-refractivity contribution in [2.75, 3.05) is 6.61 Å². The summed E-state index contributed by atoms with van der Waals surface area (Å²) in [6.45, 7) is 5.99. The van der Waals surface area contributed by atoms with Gasteiger partial charge in [0.25, 0.3) is 5.91 Å². The van der Waals surface area contributed by atoms with Gasteiger partial charge in [0.05, 0.1) is 6.04 Å². The van der Waals surface area contributed by atoms with Crippen LogP contribution in [-0.2, 0) is 4.79 Å². The second-order valence-electron chi connectivity index (χ2n) is 6.45. The van der Waals surface area contributed by atoms with Crippen LogP contribution in [0.25, 0.3) is 10.8 Å². The molecule has 128 valence electrons. The maximum absolute atomic E-state index is 12.2. The molecule has 3 heteroatoms. The number of carbonyl (C=O) groups is 1. The second kappa shape index (κ2) is 7.39. The van der Waals surface area contributed by atoms with Gasteiger partial charge in [-0.25, -0.2) is 0 Å². The molecule has 0 aliphatic heterocycles. The highest BCUT2D eigenvalue weighted by atomic mass is 16.5. The highest BCUT2D eigenvalue weighted by molar-refractivity contribution is 5.83. The number of fused-ring (bicyclic) bond motifs is 1. The normalized spacial score (nSPS) is 12.0. The summed E-state index contributed by atoms with van der Waals surface area (Å²) in [5, 5.41) is 5.37. The van der Waals surface area contributed by atoms with Gasteiger partial charge in [-0.15, -0.1) is 0 Å². The van der Waals surface area contributed by atoms with Gasteiger partial charge in [0.1, 0.15) is 5.75 Å². The van der Waals surface area contributed by atoms with Crippen molar-refractivity contribution in [3.63, 3.8) is 0 Å². The van der Waals surface area contributed by atoms with Crippen LogP contribution in [0.15, 0.2) is 60.7 Å². The van der Waals surface area contributed by atoms with Crippen LogP contribution in [0.2, 0.25) is 0 Å². The Morgan fingerprint density at radius 2 is 1.76 bits per heavy atom. The summed E-state index contributed by atoms with van der Waals surface area (Å²) in [7, 11) is 0. The maximum atomic E-state index is 12.2. The van der Waals surface area contributed by atoms with Gasteiger partial charge in [-0.3, -0.25) is 4.79 Å². The zero-order valence-electron chi connectivity index (χ0n) is 14.9. The van der Waals surface area contributed by atoms with Crippen molar-refractivity contribution in [3.05, 3.63) is 77.4 Å². The van der Waals surface area contributed by atoms with Crippen LogP contribution < -0.4 is 10.1 Å². The van der Waals surface area contributed by atoms with Gasteiger partial charge < -0.3 is 10.1 Å². The summed E-state index contributed by atoms with van der Waals surface area (Å²) in [6.07, 6.45) is 0. The molecule has 3 aromatic rings. The fourth-order valence-electron chi connectivity index (χ4n) is 2.85. The van der Waals surface area contributed by atoms with E-state index in [-0.39, 0.29) is 18.6 Å². The van der Waals surface area contributed by atoms with Crippen LogP contribution >= 0.6 is 0 Å². The lowest BCUT2D eigenvalue weighted by atomic mass is 10.0. The average Bonchev–Trinajstić information content (AvgIpc) is 2.62. The summed E-state index contributed by atoms with van der Waals surface area (Å²) in [4.78, 5) is 12.2. The van der Waals surface area contributed by atoms with E-state index in [4.69, 9.17) is 4.74 Å². The third kappa shape index (κ3) is 4.18. The van der Waals surface area contributed by atoms with Gasteiger partial charge >= 0.3 is 0 Å². The summed E-state index contributed by atoms with van der Waals surface area (Å²) in [5.74, 6) is 0.634. The summed E-state index contributed by atoms with van der Waals surface area (Å²) in [5.41, 5.74) is 3.23. The minimum absolute atomic E-state index is 0.0161. The Hall–Kier alpha value is -2.81. The second-order valence-corrected chi connectivity index (χ2v) is 6.45. The fraction of sp³-hybridized carbons (Fsp3) is 0.227. The van der Waals surface area contributed by atoms with Crippen LogP contribution in [0.3, 0.4) is 0 Å². The first-order chi connectivity index (χ1) is 12.0. The molecule has 0 aromatic heterocycles. The molecule has 0 aliphatic rings. The zero-order chi connectivity index (χ0) is 17.8. The van der Waals surface area contributed by atoms with Crippen molar-refractivity contribution in [2.24, 2.45) is 0 Å². The molecule has 0 aliphatic carbocycles. The highest BCUT2D eigenvalue weighted by Gasteiger charge is 2.11. The molecule has 1 amide bonds. The molecule has 0 unspecified atom stereocenters. The smallest absolute Gasteiger partial charge is 0.258 e. The fourth-order valence-corrected chi connectivity index (χ4v) is 2.85. The number of hydrogen-bond donors (Lipinski definition) is 1. The Kier molecular flexibility index (Phi) is 5.03. The first kappa shape index (κ1) is 17.0. The number of aryl methyl sites for hydroxylation is 2. The molecule has 1 atom stereocenters. The lowest BCUT2D eigenvalue weighted by molar-refractivity contribution is -0.123. The van der Waals surface area contributed by atoms with Gasteiger partial charge in [0, 0.05) is 0 Å². The van der Waals surface area contributed by atoms with Gasteiger partial charge in [-0.1, -0.05) is 48.5 Å². The van der Waals surface area contributed by atoms with Crippen LogP contribution in [-0.4, -0.2) is 12.5 Å². The van der Waals surface area contributed by atoms with Gasteiger partial charge in [0.2, 0.25) is 0 Å². The SMILES string of the molecule is Cc1ccc(C)c(OCC(=O)N[C@@H](C)c2ccc3ccccc3c2)c1. The van der Waals surface area contributed by atoms with Crippen molar-refractivity contribution < 1.29 is 9.53 Å². The Bertz CT molecular complexity index is 901. The molecule has 0 saturated heterocycles. The predicted molar refractivity (Wildman–Crippen MR) is 102 cm³/mol. The van der Waals surface area contributed by atoms with Crippen molar-refractivity contribution in [1.29, 1.82) is 0 Å². The standard InChI is InChI=1S/C22H23NO2/c1-15-8-9-16(2)21(12-15)25-14-22(24)23-17(3)19-11-10-18-6-4-5-7-20(18)13-19/h4-13,17H,14H2,1-3H3,(H,23,24)/t17-/m0/s1. The van der Waals surface area contributed by atoms with Gasteiger partial charge in [0.15, 0.2) is 6.61 Å². The molecule has 0 spiro atoms. The summed E-state index contributed by atoms with van der Waals surface area (Å²) >= 11 is 0. The molecule has 3 aromatic carbocycles. The lowest BCUT2D eigenvalue weighted by Gasteiger charge is -2.16. The monoisotopic (exact) mass is 333 g/mol. The third-order valence-corrected chi connectivity index (χ3v) is 4.35. The maximum Gasteiger partial charge on any atom is 0.258 e. The average molecular weight is 333 g/mol. The number of nitrogens with one attached hydrogen (secondary N) is 1. The van der Waals surface area contributed by atoms with Crippen LogP contribution in [0.5, 0.6) is 5.75 Å². The van der Waals surface area contributed by atoms with Crippen molar-refractivity contribution in [3.8, 4) is 5.75 Å². The largest absolute Gasteiger partial charge is 0.483 e. The summed E-state index contributed by atoms with van der Waals surface area (Å²) < 4.78 is 5.67. The Morgan fingerprint density at radius 1 is 1.00 bits per heavy atom. The Morgan fingerprint density at radius 3 is 2.56 bits per heavy atom. The molecular formula is C22H23NO2. The number of ether oxygens (including phenoxy) is 1. The van der Waals surface area contributed by atoms with Gasteiger partial charge in [-0.05, 0) is 60.4 Å². The molecule has 0 radical (unpaired) electrons. The first-order valence-corrected chi connectivity index (χ1v) is 8.51. The van der Waals surface area contributed by atoms with E-state index in [9.17, 15) is 4.79 Å². The minimum Gasteiger partial charge on any atom is -0.483 e. The first-order valence-electron chi connectivity index (χ1n) is 8.51. The zero-order valence-corrected chi connectivity index (χ0v) is 14.9. The Balaban J connectivity index is 1.62. The van der Waals surface area contributed by atoms with E-state index in [1.54, 1.807) is 0 Å². The molecule has 0 bridgehead atoms. The number of benzene rings is 3. The molecule has 0 saturated carbocycles. The highest BCUT2D eigenvalue weighted by Crippen LogP contribution is 2.21. The van der Waals surface area contributed by atoms with Crippen molar-refractivity contribution in [1.82, 2.24) is 5.32 Å². The quantitative estimate of drug-likeness (QED) is 0.734. The molecule has 25 heavy (non-hydrogen) atoms. The Labute approximate surface area is 148 Å². The molecule has 3 rings (SSSR count).